The van der Waals surface area contributed by atoms with Crippen molar-refractivity contribution in [1.29, 1.82) is 0 Å². The van der Waals surface area contributed by atoms with Crippen LogP contribution < -0.4 is 0 Å². The molecule has 8 heteroatoms. The monoisotopic (exact) mass is 574 g/mol. The number of amides is 2. The van der Waals surface area contributed by atoms with Crippen molar-refractivity contribution in [3.63, 3.8) is 0 Å². The maximum Gasteiger partial charge on any atom is 0.312 e. The smallest absolute Gasteiger partial charge is 0.312 e. The molecule has 0 aromatic rings. The lowest BCUT2D eigenvalue weighted by molar-refractivity contribution is -0.161. The average Bonchev–Trinajstić information content (AvgIpc) is 3.43. The Hall–Kier alpha value is -2.19. The van der Waals surface area contributed by atoms with Crippen LogP contribution in [-0.4, -0.2) is 81.8 Å². The van der Waals surface area contributed by atoms with Gasteiger partial charge < -0.3 is 24.4 Å². The van der Waals surface area contributed by atoms with Gasteiger partial charge in [0.15, 0.2) is 0 Å². The first-order chi connectivity index (χ1) is 19.2. The van der Waals surface area contributed by atoms with Gasteiger partial charge in [0.05, 0.1) is 18.1 Å². The Labute approximate surface area is 247 Å². The summed E-state index contributed by atoms with van der Waals surface area (Å²) in [5.74, 6) is -2.27. The molecule has 3 saturated heterocycles. The van der Waals surface area contributed by atoms with Gasteiger partial charge in [0.25, 0.3) is 0 Å². The Bertz CT molecular complexity index is 987. The van der Waals surface area contributed by atoms with Gasteiger partial charge in [-0.3, -0.25) is 14.4 Å². The quantitative estimate of drug-likeness (QED) is 0.158. The third kappa shape index (κ3) is 6.74. The molecule has 2 bridgehead atoms. The number of fused-ring (bicyclic) bond motifs is 1. The molecule has 2 amide bonds. The lowest BCUT2D eigenvalue weighted by atomic mass is 9.66. The van der Waals surface area contributed by atoms with Gasteiger partial charge in [-0.1, -0.05) is 32.9 Å². The number of rotatable bonds is 16. The average molecular weight is 575 g/mol. The van der Waals surface area contributed by atoms with Gasteiger partial charge in [-0.25, -0.2) is 0 Å². The number of hydrogen-bond acceptors (Lipinski definition) is 6. The summed E-state index contributed by atoms with van der Waals surface area (Å²) in [6, 6.07) is -0.833. The van der Waals surface area contributed by atoms with Crippen molar-refractivity contribution in [2.75, 3.05) is 26.3 Å². The molecule has 3 heterocycles. The minimum absolute atomic E-state index is 0.0319. The molecular formula is C33H54N2O6. The van der Waals surface area contributed by atoms with Crippen molar-refractivity contribution in [2.24, 2.45) is 17.3 Å². The Kier molecular flexibility index (Phi) is 10.6. The Balaban J connectivity index is 1.99. The Morgan fingerprint density at radius 2 is 1.80 bits per heavy atom. The van der Waals surface area contributed by atoms with E-state index in [1.807, 2.05) is 17.9 Å². The molecule has 3 rings (SSSR count). The fourth-order valence-corrected chi connectivity index (χ4v) is 7.83. The highest BCUT2D eigenvalue weighted by molar-refractivity contribution is 5.98. The molecule has 0 aromatic heterocycles. The van der Waals surface area contributed by atoms with E-state index in [0.29, 0.717) is 38.8 Å². The molecule has 1 spiro atoms. The zero-order valence-corrected chi connectivity index (χ0v) is 26.4. The number of carbonyl (C=O) groups excluding carboxylic acids is 3. The highest BCUT2D eigenvalue weighted by Crippen LogP contribution is 2.63. The van der Waals surface area contributed by atoms with Crippen molar-refractivity contribution in [3.05, 3.63) is 25.3 Å². The van der Waals surface area contributed by atoms with Crippen molar-refractivity contribution >= 4 is 17.8 Å². The van der Waals surface area contributed by atoms with E-state index in [2.05, 4.69) is 47.8 Å². The lowest BCUT2D eigenvalue weighted by Crippen LogP contribution is -2.61. The fraction of sp³-hybridized carbons (Fsp3) is 0.788. The summed E-state index contributed by atoms with van der Waals surface area (Å²) in [7, 11) is 0. The molecule has 1 N–H and O–H groups in total. The highest BCUT2D eigenvalue weighted by atomic mass is 16.6. The van der Waals surface area contributed by atoms with E-state index in [0.717, 1.165) is 32.1 Å². The van der Waals surface area contributed by atoms with Gasteiger partial charge >= 0.3 is 5.97 Å². The van der Waals surface area contributed by atoms with Gasteiger partial charge in [0.1, 0.15) is 17.6 Å². The SMILES string of the molecule is C=CCCCCOC(=O)[C@H]1[C@H]2C(=O)N(CCCCCO)C(C(=O)N(CC=C)C(C)(C)CC(C)(C)C)C23CC[C@]1(C)O3. The molecule has 41 heavy (non-hydrogen) atoms. The largest absolute Gasteiger partial charge is 0.465 e. The Morgan fingerprint density at radius 3 is 2.41 bits per heavy atom. The maximum absolute atomic E-state index is 14.7. The number of hydrogen-bond donors (Lipinski definition) is 1. The molecule has 8 nitrogen and oxygen atoms in total. The lowest BCUT2D eigenvalue weighted by Gasteiger charge is -2.45. The van der Waals surface area contributed by atoms with Gasteiger partial charge in [-0.2, -0.15) is 0 Å². The van der Waals surface area contributed by atoms with Gasteiger partial charge in [0.2, 0.25) is 11.8 Å². The third-order valence-corrected chi connectivity index (χ3v) is 9.14. The van der Waals surface area contributed by atoms with Crippen LogP contribution >= 0.6 is 0 Å². The number of likely N-dealkylation sites (tertiary alicyclic amines) is 1. The summed E-state index contributed by atoms with van der Waals surface area (Å²) >= 11 is 0. The molecule has 3 fully saturated rings. The zero-order valence-electron chi connectivity index (χ0n) is 26.4. The summed E-state index contributed by atoms with van der Waals surface area (Å²) in [5.41, 5.74) is -2.47. The standard InChI is InChI=1S/C33H54N2O6/c1-9-11-12-16-22-40-29(39)25-24-27(37)34(20-14-13-15-21-36)26(33(24)18-17-32(25,8)41-33)28(38)35(19-10-2)31(6,7)23-30(3,4)5/h9-10,24-26,36H,1-2,11-23H2,3-8H3/t24-,25+,26?,32-,33?/m0/s1. The number of unbranched alkanes of at least 4 members (excludes halogenated alkanes) is 4. The fourth-order valence-electron chi connectivity index (χ4n) is 7.83. The van der Waals surface area contributed by atoms with E-state index in [9.17, 15) is 19.5 Å². The number of allylic oxidation sites excluding steroid dienone is 1. The minimum atomic E-state index is -1.08. The van der Waals surface area contributed by atoms with E-state index in [1.165, 1.54) is 0 Å². The second kappa shape index (κ2) is 13.0. The number of nitrogens with zero attached hydrogens (tertiary/aromatic N) is 2. The van der Waals surface area contributed by atoms with E-state index < -0.39 is 40.6 Å². The van der Waals surface area contributed by atoms with E-state index in [-0.39, 0.29) is 30.4 Å². The number of esters is 1. The molecule has 232 valence electrons. The Morgan fingerprint density at radius 1 is 1.10 bits per heavy atom. The number of aliphatic hydroxyl groups is 1. The predicted molar refractivity (Wildman–Crippen MR) is 160 cm³/mol. The molecule has 3 aliphatic rings. The molecule has 5 atom stereocenters. The van der Waals surface area contributed by atoms with Crippen LogP contribution in [-0.2, 0) is 23.9 Å². The number of carbonyl (C=O) groups is 3. The van der Waals surface area contributed by atoms with Crippen LogP contribution in [0.2, 0.25) is 0 Å². The topological polar surface area (TPSA) is 96.4 Å². The second-order valence-corrected chi connectivity index (χ2v) is 14.3. The van der Waals surface area contributed by atoms with Crippen LogP contribution in [0.3, 0.4) is 0 Å². The molecule has 0 aromatic carbocycles. The van der Waals surface area contributed by atoms with Crippen LogP contribution in [0.15, 0.2) is 25.3 Å². The van der Waals surface area contributed by atoms with Gasteiger partial charge in [0, 0.05) is 25.2 Å². The summed E-state index contributed by atoms with van der Waals surface area (Å²) < 4.78 is 12.5. The van der Waals surface area contributed by atoms with Crippen LogP contribution in [0.5, 0.6) is 0 Å². The number of aliphatic hydroxyl groups excluding tert-OH is 1. The normalized spacial score (nSPS) is 29.0. The van der Waals surface area contributed by atoms with Crippen LogP contribution in [0.25, 0.3) is 0 Å². The second-order valence-electron chi connectivity index (χ2n) is 14.3. The maximum atomic E-state index is 14.7. The molecular weight excluding hydrogens is 520 g/mol. The summed E-state index contributed by atoms with van der Waals surface area (Å²) in [5, 5.41) is 9.30. The summed E-state index contributed by atoms with van der Waals surface area (Å²) in [6.07, 6.45) is 9.94. The molecule has 3 aliphatic heterocycles. The molecule has 0 saturated carbocycles. The van der Waals surface area contributed by atoms with Crippen LogP contribution in [0.4, 0.5) is 0 Å². The van der Waals surface area contributed by atoms with Crippen molar-refractivity contribution in [1.82, 2.24) is 9.80 Å². The summed E-state index contributed by atoms with van der Waals surface area (Å²) in [4.78, 5) is 46.1. The zero-order chi connectivity index (χ0) is 30.6. The van der Waals surface area contributed by atoms with E-state index in [4.69, 9.17) is 9.47 Å². The first-order valence-electron chi connectivity index (χ1n) is 15.5. The third-order valence-electron chi connectivity index (χ3n) is 9.14. The van der Waals surface area contributed by atoms with Crippen molar-refractivity contribution < 1.29 is 29.0 Å². The first kappa shape index (κ1) is 33.3. The van der Waals surface area contributed by atoms with Crippen LogP contribution in [0, 0.1) is 17.3 Å². The van der Waals surface area contributed by atoms with E-state index in [1.54, 1.807) is 11.0 Å². The summed E-state index contributed by atoms with van der Waals surface area (Å²) in [6.45, 7) is 21.3. The van der Waals surface area contributed by atoms with Crippen molar-refractivity contribution in [2.45, 2.75) is 122 Å². The molecule has 0 radical (unpaired) electrons. The highest BCUT2D eigenvalue weighted by Gasteiger charge is 2.78. The van der Waals surface area contributed by atoms with Gasteiger partial charge in [-0.15, -0.1) is 13.2 Å². The van der Waals surface area contributed by atoms with Gasteiger partial charge in [-0.05, 0) is 84.0 Å². The minimum Gasteiger partial charge on any atom is -0.465 e. The first-order valence-corrected chi connectivity index (χ1v) is 15.5. The van der Waals surface area contributed by atoms with Crippen molar-refractivity contribution in [3.8, 4) is 0 Å². The number of ether oxygens (including phenoxy) is 2. The molecule has 2 unspecified atom stereocenters. The van der Waals surface area contributed by atoms with E-state index >= 15 is 0 Å². The molecule has 0 aliphatic carbocycles. The predicted octanol–water partition coefficient (Wildman–Crippen LogP) is 5.04. The van der Waals surface area contributed by atoms with Crippen LogP contribution in [0.1, 0.15) is 99.3 Å².